The van der Waals surface area contributed by atoms with Gasteiger partial charge >= 0.3 is 0 Å². The molecule has 0 aromatic carbocycles. The third kappa shape index (κ3) is 32.0. The van der Waals surface area contributed by atoms with Crippen molar-refractivity contribution in [3.05, 3.63) is 18.2 Å². The first-order valence-corrected chi connectivity index (χ1v) is 25.3. The van der Waals surface area contributed by atoms with Crippen LogP contribution in [-0.2, 0) is 0 Å². The SMILES string of the molecule is CCCCCCCCCCCCCCCCCCCC(CCCCCCCCCCCCCCC)c1[nH]cc[n+]1C(C)CCCCCCCCCCC. The zero-order valence-electron chi connectivity index (χ0n) is 37.5. The van der Waals surface area contributed by atoms with Crippen LogP contribution in [0.5, 0.6) is 0 Å². The summed E-state index contributed by atoms with van der Waals surface area (Å²) in [5.41, 5.74) is 0. The van der Waals surface area contributed by atoms with Crippen LogP contribution in [0.25, 0.3) is 0 Å². The maximum Gasteiger partial charge on any atom is 0.257 e. The highest BCUT2D eigenvalue weighted by atomic mass is 15.1. The first kappa shape index (κ1) is 50.2. The summed E-state index contributed by atoms with van der Waals surface area (Å²) in [5, 5.41) is 0. The molecule has 1 rings (SSSR count). The van der Waals surface area contributed by atoms with E-state index in [0.717, 1.165) is 0 Å². The molecule has 53 heavy (non-hydrogen) atoms. The Bertz CT molecular complexity index is 813. The van der Waals surface area contributed by atoms with Gasteiger partial charge in [-0.2, -0.15) is 0 Å². The summed E-state index contributed by atoms with van der Waals surface area (Å²) in [6.45, 7) is 9.44. The van der Waals surface area contributed by atoms with Crippen LogP contribution in [0, 0.1) is 0 Å². The second-order valence-electron chi connectivity index (χ2n) is 17.9. The van der Waals surface area contributed by atoms with Crippen LogP contribution in [0.3, 0.4) is 0 Å². The average Bonchev–Trinajstić information content (AvgIpc) is 3.66. The van der Waals surface area contributed by atoms with Gasteiger partial charge in [0.15, 0.2) is 0 Å². The Morgan fingerprint density at radius 1 is 0.358 bits per heavy atom. The van der Waals surface area contributed by atoms with Crippen molar-refractivity contribution in [3.8, 4) is 0 Å². The van der Waals surface area contributed by atoms with Gasteiger partial charge in [-0.05, 0) is 32.6 Å². The molecule has 0 bridgehead atoms. The van der Waals surface area contributed by atoms with Gasteiger partial charge in [-0.15, -0.1) is 0 Å². The molecule has 0 radical (unpaired) electrons. The first-order valence-electron chi connectivity index (χ1n) is 25.3. The molecular weight excluding hydrogens is 641 g/mol. The van der Waals surface area contributed by atoms with Crippen molar-refractivity contribution in [1.82, 2.24) is 4.98 Å². The number of aromatic nitrogens is 2. The van der Waals surface area contributed by atoms with Gasteiger partial charge in [0.1, 0.15) is 12.4 Å². The number of hydrogen-bond donors (Lipinski definition) is 1. The number of aromatic amines is 1. The Morgan fingerprint density at radius 2 is 0.604 bits per heavy atom. The minimum Gasteiger partial charge on any atom is -0.247 e. The normalized spacial score (nSPS) is 12.9. The molecule has 1 heterocycles. The molecular formula is C51H101N2+. The summed E-state index contributed by atoms with van der Waals surface area (Å²) in [5.74, 6) is 2.25. The quantitative estimate of drug-likeness (QED) is 0.0507. The predicted molar refractivity (Wildman–Crippen MR) is 239 cm³/mol. The molecule has 314 valence electrons. The molecule has 0 fully saturated rings. The number of rotatable bonds is 44. The smallest absolute Gasteiger partial charge is 0.247 e. The Balaban J connectivity index is 2.34. The Hall–Kier alpha value is -0.790. The van der Waals surface area contributed by atoms with Crippen LogP contribution in [0.15, 0.2) is 12.4 Å². The van der Waals surface area contributed by atoms with E-state index in [1.54, 1.807) is 5.82 Å². The monoisotopic (exact) mass is 742 g/mol. The third-order valence-electron chi connectivity index (χ3n) is 12.6. The van der Waals surface area contributed by atoms with Crippen molar-refractivity contribution in [2.75, 3.05) is 0 Å². The third-order valence-corrected chi connectivity index (χ3v) is 12.6. The minimum absolute atomic E-state index is 0.616. The number of nitrogens with zero attached hydrogens (tertiary/aromatic N) is 1. The van der Waals surface area contributed by atoms with Crippen LogP contribution in [0.2, 0.25) is 0 Å². The van der Waals surface area contributed by atoms with E-state index in [0.29, 0.717) is 12.0 Å². The lowest BCUT2D eigenvalue weighted by atomic mass is 9.92. The molecule has 0 aliphatic carbocycles. The molecule has 0 saturated carbocycles. The second-order valence-corrected chi connectivity index (χ2v) is 17.9. The van der Waals surface area contributed by atoms with Gasteiger partial charge in [0.05, 0.1) is 12.0 Å². The van der Waals surface area contributed by atoms with Crippen molar-refractivity contribution in [3.63, 3.8) is 0 Å². The Labute approximate surface area is 336 Å². The Morgan fingerprint density at radius 3 is 0.887 bits per heavy atom. The summed E-state index contributed by atoms with van der Waals surface area (Å²) in [6.07, 6.45) is 65.1. The summed E-state index contributed by atoms with van der Waals surface area (Å²) in [7, 11) is 0. The second kappa shape index (κ2) is 40.9. The zero-order valence-corrected chi connectivity index (χ0v) is 37.5. The molecule has 0 aliphatic rings. The highest BCUT2D eigenvalue weighted by Crippen LogP contribution is 2.28. The molecule has 2 unspecified atom stereocenters. The Kier molecular flexibility index (Phi) is 38.7. The molecule has 0 amide bonds. The molecule has 1 N–H and O–H groups in total. The van der Waals surface area contributed by atoms with Gasteiger partial charge in [0.25, 0.3) is 5.82 Å². The van der Waals surface area contributed by atoms with E-state index in [2.05, 4.69) is 49.6 Å². The number of imidazole rings is 1. The van der Waals surface area contributed by atoms with Crippen LogP contribution in [0.4, 0.5) is 0 Å². The van der Waals surface area contributed by atoms with Gasteiger partial charge in [-0.3, -0.25) is 0 Å². The number of nitrogens with one attached hydrogen (secondary N) is 1. The minimum atomic E-state index is 0.616. The highest BCUT2D eigenvalue weighted by molar-refractivity contribution is 4.90. The first-order chi connectivity index (χ1) is 26.2. The maximum absolute atomic E-state index is 3.79. The molecule has 0 saturated heterocycles. The summed E-state index contributed by atoms with van der Waals surface area (Å²) >= 11 is 0. The highest BCUT2D eigenvalue weighted by Gasteiger charge is 2.25. The van der Waals surface area contributed by atoms with Crippen LogP contribution in [0.1, 0.15) is 315 Å². The van der Waals surface area contributed by atoms with E-state index < -0.39 is 0 Å². The predicted octanol–water partition coefficient (Wildman–Crippen LogP) is 18.4. The summed E-state index contributed by atoms with van der Waals surface area (Å²) in [6, 6.07) is 0.616. The van der Waals surface area contributed by atoms with Gasteiger partial charge < -0.3 is 0 Å². The van der Waals surface area contributed by atoms with E-state index in [1.165, 1.54) is 270 Å². The van der Waals surface area contributed by atoms with Crippen LogP contribution < -0.4 is 4.57 Å². The van der Waals surface area contributed by atoms with E-state index in [1.807, 2.05) is 0 Å². The van der Waals surface area contributed by atoms with Crippen molar-refractivity contribution in [2.24, 2.45) is 0 Å². The fourth-order valence-corrected chi connectivity index (χ4v) is 8.90. The average molecular weight is 742 g/mol. The number of H-pyrrole nitrogens is 1. The zero-order chi connectivity index (χ0) is 38.1. The van der Waals surface area contributed by atoms with E-state index in [-0.39, 0.29) is 0 Å². The molecule has 2 atom stereocenters. The number of unbranched alkanes of at least 4 members (excludes halogenated alkanes) is 36. The fraction of sp³-hybridized carbons (Fsp3) is 0.941. The van der Waals surface area contributed by atoms with E-state index in [9.17, 15) is 0 Å². The fourth-order valence-electron chi connectivity index (χ4n) is 8.90. The molecule has 2 heteroatoms. The van der Waals surface area contributed by atoms with Crippen molar-refractivity contribution in [2.45, 2.75) is 309 Å². The lowest BCUT2D eigenvalue weighted by molar-refractivity contribution is -0.727. The molecule has 0 spiro atoms. The van der Waals surface area contributed by atoms with Gasteiger partial charge in [-0.25, -0.2) is 9.55 Å². The van der Waals surface area contributed by atoms with Crippen LogP contribution >= 0.6 is 0 Å². The molecule has 2 nitrogen and oxygen atoms in total. The van der Waals surface area contributed by atoms with E-state index >= 15 is 0 Å². The van der Waals surface area contributed by atoms with Crippen molar-refractivity contribution >= 4 is 0 Å². The summed E-state index contributed by atoms with van der Waals surface area (Å²) < 4.78 is 2.66. The van der Waals surface area contributed by atoms with Gasteiger partial charge in [0.2, 0.25) is 0 Å². The van der Waals surface area contributed by atoms with Crippen LogP contribution in [-0.4, -0.2) is 4.98 Å². The topological polar surface area (TPSA) is 19.7 Å². The van der Waals surface area contributed by atoms with E-state index in [4.69, 9.17) is 0 Å². The van der Waals surface area contributed by atoms with Crippen molar-refractivity contribution < 1.29 is 4.57 Å². The molecule has 1 aromatic heterocycles. The van der Waals surface area contributed by atoms with Crippen molar-refractivity contribution in [1.29, 1.82) is 0 Å². The standard InChI is InChI=1S/C51H100N2/c1-5-8-11-14-17-20-22-24-25-26-27-29-31-34-37-40-43-46-50(45-42-39-36-33-30-28-23-21-18-15-12-9-6-2)51-52-47-48-53(51)49(4)44-41-38-35-32-19-16-13-10-7-3/h47-50H,5-46H2,1-4H3/p+1. The maximum atomic E-state index is 3.79. The van der Waals surface area contributed by atoms with Gasteiger partial charge in [-0.1, -0.05) is 265 Å². The molecule has 0 aliphatic heterocycles. The number of hydrogen-bond acceptors (Lipinski definition) is 0. The summed E-state index contributed by atoms with van der Waals surface area (Å²) in [4.78, 5) is 3.79. The lowest BCUT2D eigenvalue weighted by Crippen LogP contribution is -2.41. The van der Waals surface area contributed by atoms with Gasteiger partial charge in [0, 0.05) is 0 Å². The lowest BCUT2D eigenvalue weighted by Gasteiger charge is -2.17. The molecule has 1 aromatic rings. The largest absolute Gasteiger partial charge is 0.257 e.